The van der Waals surface area contributed by atoms with E-state index in [1.165, 1.54) is 0 Å². The molecule has 0 atom stereocenters. The lowest BCUT2D eigenvalue weighted by atomic mass is 10.3. The highest BCUT2D eigenvalue weighted by Gasteiger charge is 2.02. The molecule has 0 heterocycles. The normalized spacial score (nSPS) is 10.7. The van der Waals surface area contributed by atoms with Gasteiger partial charge in [0.15, 0.2) is 5.96 Å². The average Bonchev–Trinajstić information content (AvgIpc) is 2.59. The van der Waals surface area contributed by atoms with Gasteiger partial charge < -0.3 is 20.7 Å². The first-order valence-electron chi connectivity index (χ1n) is 8.71. The van der Waals surface area contributed by atoms with Gasteiger partial charge in [-0.3, -0.25) is 4.79 Å². The van der Waals surface area contributed by atoms with Crippen molar-refractivity contribution < 1.29 is 9.53 Å². The second kappa shape index (κ2) is 16.1. The van der Waals surface area contributed by atoms with E-state index >= 15 is 0 Å². The molecular formula is C18H31IN4O2. The Kier molecular flexibility index (Phi) is 15.3. The molecule has 0 spiro atoms. The van der Waals surface area contributed by atoms with Crippen LogP contribution in [0.25, 0.3) is 0 Å². The highest BCUT2D eigenvalue weighted by atomic mass is 127. The zero-order chi connectivity index (χ0) is 17.5. The van der Waals surface area contributed by atoms with Gasteiger partial charge in [-0.05, 0) is 31.9 Å². The number of nitrogens with zero attached hydrogens (tertiary/aromatic N) is 1. The minimum absolute atomic E-state index is 0. The first-order valence-corrected chi connectivity index (χ1v) is 8.71. The standard InChI is InChI=1S/C18H30N4O2.HI/c1-3-5-13-24-14-9-12-20-18(19-4-2)21-15-17(23)22-16-10-7-6-8-11-16;/h6-8,10-11H,3-5,9,12-15H2,1-2H3,(H,22,23)(H2,19,20,21);1H. The third-order valence-electron chi connectivity index (χ3n) is 3.18. The highest BCUT2D eigenvalue weighted by Crippen LogP contribution is 2.04. The minimum atomic E-state index is -0.138. The minimum Gasteiger partial charge on any atom is -0.381 e. The Morgan fingerprint density at radius 3 is 2.48 bits per heavy atom. The first-order chi connectivity index (χ1) is 11.8. The fourth-order valence-electron chi connectivity index (χ4n) is 1.94. The van der Waals surface area contributed by atoms with Crippen LogP contribution in [0.1, 0.15) is 33.1 Å². The number of nitrogens with one attached hydrogen (secondary N) is 3. The van der Waals surface area contributed by atoms with Gasteiger partial charge in [-0.25, -0.2) is 4.99 Å². The van der Waals surface area contributed by atoms with Crippen LogP contribution in [0.15, 0.2) is 35.3 Å². The van der Waals surface area contributed by atoms with Crippen molar-refractivity contribution in [3.05, 3.63) is 30.3 Å². The summed E-state index contributed by atoms with van der Waals surface area (Å²) in [6.45, 7) is 7.30. The van der Waals surface area contributed by atoms with E-state index in [1.54, 1.807) is 0 Å². The Morgan fingerprint density at radius 2 is 1.80 bits per heavy atom. The second-order valence-electron chi connectivity index (χ2n) is 5.36. The molecular weight excluding hydrogens is 431 g/mol. The number of guanidine groups is 1. The third kappa shape index (κ3) is 12.6. The molecule has 142 valence electrons. The number of para-hydroxylation sites is 1. The summed E-state index contributed by atoms with van der Waals surface area (Å²) in [5, 5.41) is 9.15. The quantitative estimate of drug-likeness (QED) is 0.205. The van der Waals surface area contributed by atoms with Gasteiger partial charge in [-0.2, -0.15) is 0 Å². The Morgan fingerprint density at radius 1 is 1.08 bits per heavy atom. The number of aliphatic imine (C=N–C) groups is 1. The topological polar surface area (TPSA) is 74.8 Å². The number of carbonyl (C=O) groups is 1. The van der Waals surface area contributed by atoms with E-state index in [9.17, 15) is 4.79 Å². The van der Waals surface area contributed by atoms with Gasteiger partial charge in [-0.15, -0.1) is 24.0 Å². The maximum Gasteiger partial charge on any atom is 0.246 e. The number of carbonyl (C=O) groups excluding carboxylic acids is 1. The molecule has 0 saturated heterocycles. The molecule has 0 radical (unpaired) electrons. The molecule has 1 rings (SSSR count). The number of amides is 1. The van der Waals surface area contributed by atoms with Gasteiger partial charge in [0, 0.05) is 32.0 Å². The van der Waals surface area contributed by atoms with E-state index in [2.05, 4.69) is 27.9 Å². The molecule has 25 heavy (non-hydrogen) atoms. The van der Waals surface area contributed by atoms with E-state index in [4.69, 9.17) is 4.74 Å². The molecule has 1 amide bonds. The molecule has 0 fully saturated rings. The van der Waals surface area contributed by atoms with Crippen molar-refractivity contribution in [2.75, 3.05) is 38.2 Å². The summed E-state index contributed by atoms with van der Waals surface area (Å²) >= 11 is 0. The van der Waals surface area contributed by atoms with E-state index in [1.807, 2.05) is 37.3 Å². The van der Waals surface area contributed by atoms with Crippen molar-refractivity contribution in [1.82, 2.24) is 10.6 Å². The van der Waals surface area contributed by atoms with Crippen molar-refractivity contribution >= 4 is 41.5 Å². The fraction of sp³-hybridized carbons (Fsp3) is 0.556. The molecule has 3 N–H and O–H groups in total. The summed E-state index contributed by atoms with van der Waals surface area (Å²) in [7, 11) is 0. The number of rotatable bonds is 11. The molecule has 0 saturated carbocycles. The maximum absolute atomic E-state index is 11.9. The molecule has 1 aromatic rings. The van der Waals surface area contributed by atoms with Gasteiger partial charge >= 0.3 is 0 Å². The molecule has 0 unspecified atom stereocenters. The van der Waals surface area contributed by atoms with E-state index < -0.39 is 0 Å². The zero-order valence-electron chi connectivity index (χ0n) is 15.2. The summed E-state index contributed by atoms with van der Waals surface area (Å²) < 4.78 is 5.52. The molecule has 0 aliphatic rings. The van der Waals surface area contributed by atoms with Crippen LogP contribution in [0, 0.1) is 0 Å². The van der Waals surface area contributed by atoms with Crippen LogP contribution in [-0.2, 0) is 9.53 Å². The van der Waals surface area contributed by atoms with Crippen LogP contribution < -0.4 is 16.0 Å². The van der Waals surface area contributed by atoms with Gasteiger partial charge in [0.05, 0.1) is 0 Å². The first kappa shape index (κ1) is 23.6. The van der Waals surface area contributed by atoms with Crippen molar-refractivity contribution in [3.63, 3.8) is 0 Å². The Balaban J connectivity index is 0.00000576. The lowest BCUT2D eigenvalue weighted by Gasteiger charge is -2.11. The van der Waals surface area contributed by atoms with Crippen LogP contribution in [0.2, 0.25) is 0 Å². The predicted molar refractivity (Wildman–Crippen MR) is 115 cm³/mol. The number of ether oxygens (including phenoxy) is 1. The number of hydrogen-bond donors (Lipinski definition) is 3. The van der Waals surface area contributed by atoms with Crippen molar-refractivity contribution in [2.24, 2.45) is 4.99 Å². The largest absolute Gasteiger partial charge is 0.381 e. The number of benzene rings is 1. The van der Waals surface area contributed by atoms with E-state index in [-0.39, 0.29) is 36.4 Å². The Hall–Kier alpha value is -1.35. The van der Waals surface area contributed by atoms with Gasteiger partial charge in [0.2, 0.25) is 5.91 Å². The summed E-state index contributed by atoms with van der Waals surface area (Å²) in [5.41, 5.74) is 0.778. The molecule has 1 aromatic carbocycles. The lowest BCUT2D eigenvalue weighted by Crippen LogP contribution is -2.38. The van der Waals surface area contributed by atoms with Gasteiger partial charge in [0.1, 0.15) is 6.54 Å². The van der Waals surface area contributed by atoms with Crippen molar-refractivity contribution in [2.45, 2.75) is 33.1 Å². The number of unbranched alkanes of at least 4 members (excludes halogenated alkanes) is 1. The Bertz CT molecular complexity index is 483. The summed E-state index contributed by atoms with van der Waals surface area (Å²) in [6.07, 6.45) is 3.17. The molecule has 0 aliphatic carbocycles. The van der Waals surface area contributed by atoms with Crippen LogP contribution in [0.4, 0.5) is 5.69 Å². The summed E-state index contributed by atoms with van der Waals surface area (Å²) in [6, 6.07) is 9.38. The van der Waals surface area contributed by atoms with Crippen molar-refractivity contribution in [1.29, 1.82) is 0 Å². The highest BCUT2D eigenvalue weighted by molar-refractivity contribution is 14.0. The molecule has 0 bridgehead atoms. The van der Waals surface area contributed by atoms with Crippen molar-refractivity contribution in [3.8, 4) is 0 Å². The van der Waals surface area contributed by atoms with E-state index in [0.29, 0.717) is 5.96 Å². The predicted octanol–water partition coefficient (Wildman–Crippen LogP) is 3.01. The van der Waals surface area contributed by atoms with Gasteiger partial charge in [0.25, 0.3) is 0 Å². The molecule has 0 aromatic heterocycles. The monoisotopic (exact) mass is 462 g/mol. The maximum atomic E-state index is 11.9. The summed E-state index contributed by atoms with van der Waals surface area (Å²) in [5.74, 6) is 0.510. The molecule has 6 nitrogen and oxygen atoms in total. The molecule has 7 heteroatoms. The average molecular weight is 462 g/mol. The zero-order valence-corrected chi connectivity index (χ0v) is 17.5. The molecule has 0 aliphatic heterocycles. The van der Waals surface area contributed by atoms with Crippen LogP contribution in [-0.4, -0.2) is 44.7 Å². The van der Waals surface area contributed by atoms with Crippen LogP contribution >= 0.6 is 24.0 Å². The number of hydrogen-bond acceptors (Lipinski definition) is 3. The number of halogens is 1. The third-order valence-corrected chi connectivity index (χ3v) is 3.18. The van der Waals surface area contributed by atoms with Crippen LogP contribution in [0.5, 0.6) is 0 Å². The fourth-order valence-corrected chi connectivity index (χ4v) is 1.94. The SMILES string of the molecule is CCCCOCCCNC(=NCC(=O)Nc1ccccc1)NCC.I. The lowest BCUT2D eigenvalue weighted by molar-refractivity contribution is -0.114. The second-order valence-corrected chi connectivity index (χ2v) is 5.36. The van der Waals surface area contributed by atoms with Crippen LogP contribution in [0.3, 0.4) is 0 Å². The smallest absolute Gasteiger partial charge is 0.246 e. The Labute approximate surface area is 168 Å². The number of anilines is 1. The van der Waals surface area contributed by atoms with Gasteiger partial charge in [-0.1, -0.05) is 31.5 Å². The summed E-state index contributed by atoms with van der Waals surface area (Å²) in [4.78, 5) is 16.2. The van der Waals surface area contributed by atoms with E-state index in [0.717, 1.165) is 51.3 Å².